The van der Waals surface area contributed by atoms with E-state index in [0.29, 0.717) is 18.3 Å². The number of anilines is 2. The Balaban J connectivity index is 2.38. The Morgan fingerprint density at radius 1 is 1.44 bits per heavy atom. The van der Waals surface area contributed by atoms with E-state index in [9.17, 15) is 9.59 Å². The van der Waals surface area contributed by atoms with Crippen LogP contribution in [0.15, 0.2) is 9.59 Å². The molecule has 1 heterocycles. The van der Waals surface area contributed by atoms with Crippen molar-refractivity contribution in [3.8, 4) is 0 Å². The third kappa shape index (κ3) is 2.42. The summed E-state index contributed by atoms with van der Waals surface area (Å²) in [7, 11) is 0. The number of nitrogens with zero attached hydrogens (tertiary/aromatic N) is 1. The number of rotatable bonds is 4. The van der Waals surface area contributed by atoms with Gasteiger partial charge in [-0.1, -0.05) is 13.8 Å². The van der Waals surface area contributed by atoms with E-state index in [0.717, 1.165) is 12.8 Å². The number of nitrogen functional groups attached to an aromatic ring is 1. The van der Waals surface area contributed by atoms with Crippen molar-refractivity contribution in [2.24, 2.45) is 5.92 Å². The summed E-state index contributed by atoms with van der Waals surface area (Å²) in [6.07, 6.45) is 3.26. The lowest BCUT2D eigenvalue weighted by molar-refractivity contribution is 0.444. The van der Waals surface area contributed by atoms with Gasteiger partial charge in [-0.2, -0.15) is 0 Å². The van der Waals surface area contributed by atoms with E-state index in [4.69, 9.17) is 5.73 Å². The summed E-state index contributed by atoms with van der Waals surface area (Å²) >= 11 is 0. The van der Waals surface area contributed by atoms with E-state index in [1.807, 2.05) is 13.8 Å². The van der Waals surface area contributed by atoms with Crippen molar-refractivity contribution in [1.82, 2.24) is 9.55 Å². The summed E-state index contributed by atoms with van der Waals surface area (Å²) in [5, 5.41) is 3.13. The van der Waals surface area contributed by atoms with Crippen molar-refractivity contribution < 1.29 is 0 Å². The third-order valence-electron chi connectivity index (χ3n) is 3.24. The van der Waals surface area contributed by atoms with Gasteiger partial charge in [-0.3, -0.25) is 14.3 Å². The molecule has 1 fully saturated rings. The first-order chi connectivity index (χ1) is 8.49. The molecule has 1 saturated carbocycles. The average Bonchev–Trinajstić information content (AvgIpc) is 2.21. The number of nitrogens with one attached hydrogen (secondary N) is 2. The Bertz CT molecular complexity index is 540. The van der Waals surface area contributed by atoms with Crippen LogP contribution in [0.2, 0.25) is 0 Å². The molecule has 0 bridgehead atoms. The van der Waals surface area contributed by atoms with Gasteiger partial charge in [-0.05, 0) is 25.2 Å². The van der Waals surface area contributed by atoms with Gasteiger partial charge in [0.2, 0.25) is 0 Å². The van der Waals surface area contributed by atoms with E-state index in [1.165, 1.54) is 11.0 Å². The molecule has 6 heteroatoms. The van der Waals surface area contributed by atoms with Crippen LogP contribution in [0.25, 0.3) is 0 Å². The molecular formula is C12H20N4O2. The third-order valence-corrected chi connectivity index (χ3v) is 3.24. The summed E-state index contributed by atoms with van der Waals surface area (Å²) in [6.45, 7) is 4.49. The van der Waals surface area contributed by atoms with Gasteiger partial charge < -0.3 is 11.1 Å². The lowest BCUT2D eigenvalue weighted by atomic mass is 9.93. The molecule has 6 nitrogen and oxygen atoms in total. The second-order valence-corrected chi connectivity index (χ2v) is 5.30. The molecule has 18 heavy (non-hydrogen) atoms. The van der Waals surface area contributed by atoms with E-state index in [2.05, 4.69) is 10.3 Å². The molecule has 0 unspecified atom stereocenters. The lowest BCUT2D eigenvalue weighted by Gasteiger charge is -2.28. The van der Waals surface area contributed by atoms with E-state index in [1.54, 1.807) is 0 Å². The predicted molar refractivity (Wildman–Crippen MR) is 71.8 cm³/mol. The van der Waals surface area contributed by atoms with Gasteiger partial charge in [0.25, 0.3) is 5.56 Å². The number of nitrogens with two attached hydrogens (primary N) is 1. The van der Waals surface area contributed by atoms with E-state index >= 15 is 0 Å². The first-order valence-corrected chi connectivity index (χ1v) is 6.38. The van der Waals surface area contributed by atoms with E-state index < -0.39 is 11.2 Å². The summed E-state index contributed by atoms with van der Waals surface area (Å²) < 4.78 is 1.42. The Labute approximate surface area is 105 Å². The van der Waals surface area contributed by atoms with Crippen LogP contribution in [0.1, 0.15) is 33.1 Å². The van der Waals surface area contributed by atoms with Gasteiger partial charge in [-0.25, -0.2) is 4.79 Å². The van der Waals surface area contributed by atoms with Crippen LogP contribution in [-0.2, 0) is 6.54 Å². The molecule has 0 amide bonds. The summed E-state index contributed by atoms with van der Waals surface area (Å²) in [6, 6.07) is 0.304. The highest BCUT2D eigenvalue weighted by atomic mass is 16.2. The minimum atomic E-state index is -0.439. The number of aromatic amines is 1. The maximum atomic E-state index is 11.8. The predicted octanol–water partition coefficient (Wildman–Crippen LogP) is 0.739. The van der Waals surface area contributed by atoms with Crippen LogP contribution in [-0.4, -0.2) is 15.6 Å². The maximum absolute atomic E-state index is 11.8. The molecule has 1 aliphatic carbocycles. The molecule has 2 rings (SSSR count). The monoisotopic (exact) mass is 252 g/mol. The van der Waals surface area contributed by atoms with Crippen LogP contribution in [0.4, 0.5) is 11.5 Å². The van der Waals surface area contributed by atoms with Crippen molar-refractivity contribution in [2.75, 3.05) is 11.1 Å². The maximum Gasteiger partial charge on any atom is 0.330 e. The topological polar surface area (TPSA) is 92.9 Å². The fraction of sp³-hybridized carbons (Fsp3) is 0.667. The number of H-pyrrole nitrogens is 1. The van der Waals surface area contributed by atoms with Gasteiger partial charge in [0.05, 0.1) is 0 Å². The molecule has 1 aromatic heterocycles. The van der Waals surface area contributed by atoms with Crippen LogP contribution in [0.5, 0.6) is 0 Å². The van der Waals surface area contributed by atoms with Crippen molar-refractivity contribution >= 4 is 11.5 Å². The number of hydrogen-bond donors (Lipinski definition) is 3. The normalized spacial score (nSPS) is 15.7. The van der Waals surface area contributed by atoms with Crippen LogP contribution in [0, 0.1) is 5.92 Å². The van der Waals surface area contributed by atoms with Gasteiger partial charge in [-0.15, -0.1) is 0 Å². The zero-order valence-corrected chi connectivity index (χ0v) is 10.8. The highest BCUT2D eigenvalue weighted by Gasteiger charge is 2.21. The standard InChI is InChI=1S/C12H20N4O2/c1-7(2)6-16-10(13)9(11(17)15-12(16)18)14-8-4-3-5-8/h7-8,14H,3-6,13H2,1-2H3,(H,15,17,18). The smallest absolute Gasteiger partial charge is 0.330 e. The zero-order chi connectivity index (χ0) is 13.3. The fourth-order valence-electron chi connectivity index (χ4n) is 2.03. The summed E-state index contributed by atoms with van der Waals surface area (Å²) in [4.78, 5) is 25.8. The number of hydrogen-bond acceptors (Lipinski definition) is 4. The minimum absolute atomic E-state index is 0.240. The summed E-state index contributed by atoms with van der Waals surface area (Å²) in [5.41, 5.74) is 5.41. The van der Waals surface area contributed by atoms with Gasteiger partial charge in [0, 0.05) is 12.6 Å². The van der Waals surface area contributed by atoms with Crippen LogP contribution < -0.4 is 22.3 Å². The average molecular weight is 252 g/mol. The fourth-order valence-corrected chi connectivity index (χ4v) is 2.03. The minimum Gasteiger partial charge on any atom is -0.383 e. The Morgan fingerprint density at radius 3 is 2.61 bits per heavy atom. The quantitative estimate of drug-likeness (QED) is 0.736. The van der Waals surface area contributed by atoms with Gasteiger partial charge in [0.15, 0.2) is 0 Å². The molecule has 0 aromatic carbocycles. The molecule has 4 N–H and O–H groups in total. The first-order valence-electron chi connectivity index (χ1n) is 6.38. The number of aromatic nitrogens is 2. The van der Waals surface area contributed by atoms with E-state index in [-0.39, 0.29) is 11.7 Å². The molecule has 100 valence electrons. The molecule has 0 spiro atoms. The highest BCUT2D eigenvalue weighted by molar-refractivity contribution is 5.61. The first kappa shape index (κ1) is 12.7. The van der Waals surface area contributed by atoms with Crippen LogP contribution in [0.3, 0.4) is 0 Å². The van der Waals surface area contributed by atoms with Crippen LogP contribution >= 0.6 is 0 Å². The van der Waals surface area contributed by atoms with Gasteiger partial charge >= 0.3 is 5.69 Å². The molecular weight excluding hydrogens is 232 g/mol. The van der Waals surface area contributed by atoms with Crippen molar-refractivity contribution in [1.29, 1.82) is 0 Å². The van der Waals surface area contributed by atoms with Crippen molar-refractivity contribution in [3.05, 3.63) is 20.8 Å². The molecule has 0 radical (unpaired) electrons. The molecule has 1 aliphatic rings. The summed E-state index contributed by atoms with van der Waals surface area (Å²) in [5.74, 6) is 0.525. The zero-order valence-electron chi connectivity index (χ0n) is 10.8. The van der Waals surface area contributed by atoms with Crippen molar-refractivity contribution in [3.63, 3.8) is 0 Å². The van der Waals surface area contributed by atoms with Crippen molar-refractivity contribution in [2.45, 2.75) is 45.7 Å². The Kier molecular flexibility index (Phi) is 3.45. The molecule has 0 atom stereocenters. The second kappa shape index (κ2) is 4.88. The lowest BCUT2D eigenvalue weighted by Crippen LogP contribution is -2.38. The Hall–Kier alpha value is -1.72. The largest absolute Gasteiger partial charge is 0.383 e. The Morgan fingerprint density at radius 2 is 2.11 bits per heavy atom. The molecule has 0 saturated heterocycles. The van der Waals surface area contributed by atoms with Gasteiger partial charge in [0.1, 0.15) is 11.5 Å². The molecule has 1 aromatic rings. The molecule has 0 aliphatic heterocycles. The second-order valence-electron chi connectivity index (χ2n) is 5.30. The highest BCUT2D eigenvalue weighted by Crippen LogP contribution is 2.23. The SMILES string of the molecule is CC(C)Cn1c(N)c(NC2CCC2)c(=O)[nH]c1=O.